The Hall–Kier alpha value is -3.55. The van der Waals surface area contributed by atoms with E-state index in [9.17, 15) is 23.6 Å². The van der Waals surface area contributed by atoms with Crippen molar-refractivity contribution in [3.8, 4) is 5.75 Å². The first-order chi connectivity index (χ1) is 13.3. The van der Waals surface area contributed by atoms with Crippen LogP contribution < -0.4 is 10.1 Å². The molecule has 0 fully saturated rings. The molecular weight excluding hydrogens is 369 g/mol. The maximum absolute atomic E-state index is 12.8. The fraction of sp³-hybridized carbons (Fsp3) is 0.200. The molecule has 1 amide bonds. The van der Waals surface area contributed by atoms with E-state index in [4.69, 9.17) is 9.47 Å². The number of hydrogen-bond donors (Lipinski definition) is 1. The lowest BCUT2D eigenvalue weighted by molar-refractivity contribution is -0.143. The Morgan fingerprint density at radius 1 is 0.929 bits per heavy atom. The smallest absolute Gasteiger partial charge is 0.308 e. The van der Waals surface area contributed by atoms with Crippen molar-refractivity contribution in [1.29, 1.82) is 0 Å². The van der Waals surface area contributed by atoms with Crippen LogP contribution in [-0.2, 0) is 19.1 Å². The highest BCUT2D eigenvalue weighted by Crippen LogP contribution is 2.13. The van der Waals surface area contributed by atoms with E-state index in [-0.39, 0.29) is 18.4 Å². The number of carbonyl (C=O) groups is 4. The third-order valence-corrected chi connectivity index (χ3v) is 3.49. The minimum Gasteiger partial charge on any atom is -0.457 e. The number of nitrogens with one attached hydrogen (secondary N) is 1. The molecule has 2 aromatic rings. The molecule has 0 saturated carbocycles. The van der Waals surface area contributed by atoms with Gasteiger partial charge in [-0.15, -0.1) is 0 Å². The van der Waals surface area contributed by atoms with E-state index in [0.29, 0.717) is 11.4 Å². The van der Waals surface area contributed by atoms with Crippen LogP contribution in [0.15, 0.2) is 48.5 Å². The van der Waals surface area contributed by atoms with Crippen LogP contribution in [0.4, 0.5) is 10.1 Å². The SMILES string of the molecule is CC(=O)Oc1ccc(C(=O)COC(=O)CCC(=O)Nc2ccc(F)cc2)cc1. The molecule has 0 unspecified atom stereocenters. The minimum atomic E-state index is -0.695. The Labute approximate surface area is 160 Å². The summed E-state index contributed by atoms with van der Waals surface area (Å²) >= 11 is 0. The lowest BCUT2D eigenvalue weighted by atomic mass is 10.1. The van der Waals surface area contributed by atoms with Crippen molar-refractivity contribution < 1.29 is 33.0 Å². The average Bonchev–Trinajstić information content (AvgIpc) is 2.66. The van der Waals surface area contributed by atoms with E-state index in [0.717, 1.165) is 0 Å². The average molecular weight is 387 g/mol. The third-order valence-electron chi connectivity index (χ3n) is 3.49. The van der Waals surface area contributed by atoms with Gasteiger partial charge >= 0.3 is 11.9 Å². The van der Waals surface area contributed by atoms with Crippen LogP contribution in [0.1, 0.15) is 30.1 Å². The summed E-state index contributed by atoms with van der Waals surface area (Å²) in [7, 11) is 0. The Morgan fingerprint density at radius 3 is 2.18 bits per heavy atom. The van der Waals surface area contributed by atoms with Crippen molar-refractivity contribution in [3.05, 3.63) is 59.9 Å². The topological polar surface area (TPSA) is 98.8 Å². The molecule has 2 rings (SSSR count). The van der Waals surface area contributed by atoms with Gasteiger partial charge in [0.05, 0.1) is 6.42 Å². The molecule has 0 aromatic heterocycles. The first-order valence-electron chi connectivity index (χ1n) is 8.36. The van der Waals surface area contributed by atoms with Crippen LogP contribution in [0.25, 0.3) is 0 Å². The zero-order valence-electron chi connectivity index (χ0n) is 15.1. The molecule has 0 radical (unpaired) electrons. The van der Waals surface area contributed by atoms with Crippen LogP contribution in [0.2, 0.25) is 0 Å². The van der Waals surface area contributed by atoms with Crippen molar-refractivity contribution in [2.75, 3.05) is 11.9 Å². The van der Waals surface area contributed by atoms with Gasteiger partial charge < -0.3 is 14.8 Å². The highest BCUT2D eigenvalue weighted by Gasteiger charge is 2.12. The minimum absolute atomic E-state index is 0.137. The van der Waals surface area contributed by atoms with Gasteiger partial charge in [-0.05, 0) is 48.5 Å². The molecule has 0 bridgehead atoms. The summed E-state index contributed by atoms with van der Waals surface area (Å²) in [6.45, 7) is 0.795. The first-order valence-corrected chi connectivity index (χ1v) is 8.36. The number of Topliss-reactive ketones (excluding diaryl/α,β-unsaturated/α-hetero) is 1. The Morgan fingerprint density at radius 2 is 1.57 bits per heavy atom. The maximum atomic E-state index is 12.8. The largest absolute Gasteiger partial charge is 0.457 e. The highest BCUT2D eigenvalue weighted by molar-refractivity contribution is 5.98. The fourth-order valence-electron chi connectivity index (χ4n) is 2.15. The van der Waals surface area contributed by atoms with Crippen molar-refractivity contribution in [3.63, 3.8) is 0 Å². The highest BCUT2D eigenvalue weighted by atomic mass is 19.1. The molecule has 8 heteroatoms. The summed E-state index contributed by atoms with van der Waals surface area (Å²) < 4.78 is 22.5. The zero-order valence-corrected chi connectivity index (χ0v) is 15.1. The predicted octanol–water partition coefficient (Wildman–Crippen LogP) is 2.90. The van der Waals surface area contributed by atoms with Gasteiger partial charge in [0.25, 0.3) is 0 Å². The van der Waals surface area contributed by atoms with Crippen molar-refractivity contribution in [2.24, 2.45) is 0 Å². The molecule has 0 spiro atoms. The third kappa shape index (κ3) is 6.99. The summed E-state index contributed by atoms with van der Waals surface area (Å²) in [4.78, 5) is 46.3. The predicted molar refractivity (Wildman–Crippen MR) is 97.3 cm³/mol. The molecule has 28 heavy (non-hydrogen) atoms. The lowest BCUT2D eigenvalue weighted by Crippen LogP contribution is -2.17. The fourth-order valence-corrected chi connectivity index (χ4v) is 2.15. The summed E-state index contributed by atoms with van der Waals surface area (Å²) in [5, 5.41) is 2.52. The molecule has 2 aromatic carbocycles. The van der Waals surface area contributed by atoms with Gasteiger partial charge in [-0.2, -0.15) is 0 Å². The molecule has 0 aliphatic rings. The number of halogens is 1. The van der Waals surface area contributed by atoms with Gasteiger partial charge in [0.2, 0.25) is 5.91 Å². The molecular formula is C20H18FNO6. The summed E-state index contributed by atoms with van der Waals surface area (Å²) in [5.41, 5.74) is 0.699. The number of carbonyl (C=O) groups excluding carboxylic acids is 4. The number of ketones is 1. The molecule has 7 nitrogen and oxygen atoms in total. The number of ether oxygens (including phenoxy) is 2. The summed E-state index contributed by atoms with van der Waals surface area (Å²) in [6.07, 6.45) is -0.340. The number of esters is 2. The molecule has 0 atom stereocenters. The number of hydrogen-bond acceptors (Lipinski definition) is 6. The number of benzene rings is 2. The molecule has 146 valence electrons. The molecule has 1 N–H and O–H groups in total. The van der Waals surface area contributed by atoms with Crippen molar-refractivity contribution in [1.82, 2.24) is 0 Å². The van der Waals surface area contributed by atoms with Gasteiger partial charge in [0.15, 0.2) is 12.4 Å². The van der Waals surface area contributed by atoms with E-state index < -0.39 is 36.1 Å². The van der Waals surface area contributed by atoms with Gasteiger partial charge in [-0.1, -0.05) is 0 Å². The maximum Gasteiger partial charge on any atom is 0.308 e. The molecule has 0 heterocycles. The van der Waals surface area contributed by atoms with Crippen LogP contribution in [0.5, 0.6) is 5.75 Å². The Bertz CT molecular complexity index is 861. The van der Waals surface area contributed by atoms with Gasteiger partial charge in [0.1, 0.15) is 11.6 Å². The van der Waals surface area contributed by atoms with E-state index >= 15 is 0 Å². The first kappa shape index (κ1) is 20.8. The lowest BCUT2D eigenvalue weighted by Gasteiger charge is -2.06. The Balaban J connectivity index is 1.72. The van der Waals surface area contributed by atoms with Crippen molar-refractivity contribution >= 4 is 29.3 Å². The van der Waals surface area contributed by atoms with E-state index in [1.165, 1.54) is 55.5 Å². The molecule has 0 saturated heterocycles. The standard InChI is InChI=1S/C20H18FNO6/c1-13(23)28-17-8-2-14(3-9-17)18(24)12-27-20(26)11-10-19(25)22-16-6-4-15(21)5-7-16/h2-9H,10-12H2,1H3,(H,22,25). The normalized spacial score (nSPS) is 10.1. The van der Waals surface area contributed by atoms with Gasteiger partial charge in [0, 0.05) is 24.6 Å². The number of anilines is 1. The summed E-state index contributed by atoms with van der Waals surface area (Å²) in [6, 6.07) is 11.0. The van der Waals surface area contributed by atoms with E-state index in [1.54, 1.807) is 0 Å². The monoisotopic (exact) mass is 387 g/mol. The van der Waals surface area contributed by atoms with E-state index in [2.05, 4.69) is 5.32 Å². The molecule has 0 aliphatic heterocycles. The second-order valence-corrected chi connectivity index (χ2v) is 5.76. The van der Waals surface area contributed by atoms with Gasteiger partial charge in [-0.3, -0.25) is 19.2 Å². The number of amides is 1. The van der Waals surface area contributed by atoms with Crippen LogP contribution in [-0.4, -0.2) is 30.2 Å². The Kier molecular flexibility index (Phi) is 7.38. The molecule has 0 aliphatic carbocycles. The second-order valence-electron chi connectivity index (χ2n) is 5.76. The van der Waals surface area contributed by atoms with Crippen LogP contribution in [0.3, 0.4) is 0 Å². The van der Waals surface area contributed by atoms with Crippen LogP contribution in [0, 0.1) is 5.82 Å². The quantitative estimate of drug-likeness (QED) is 0.425. The van der Waals surface area contributed by atoms with E-state index in [1.807, 2.05) is 0 Å². The van der Waals surface area contributed by atoms with Gasteiger partial charge in [-0.25, -0.2) is 4.39 Å². The second kappa shape index (κ2) is 9.96. The van der Waals surface area contributed by atoms with Crippen LogP contribution >= 0.6 is 0 Å². The summed E-state index contributed by atoms with van der Waals surface area (Å²) in [5.74, 6) is -2.16. The zero-order chi connectivity index (χ0) is 20.5. The van der Waals surface area contributed by atoms with Crippen molar-refractivity contribution in [2.45, 2.75) is 19.8 Å². The number of rotatable bonds is 8.